The maximum atomic E-state index is 2.55. The van der Waals surface area contributed by atoms with Crippen LogP contribution in [0.2, 0.25) is 0 Å². The lowest BCUT2D eigenvalue weighted by atomic mass is 10.3. The van der Waals surface area contributed by atoms with Crippen LogP contribution in [0.15, 0.2) is 0 Å². The molecule has 2 heteroatoms. The Balaban J connectivity index is 2.25. The van der Waals surface area contributed by atoms with Gasteiger partial charge in [0.2, 0.25) is 0 Å². The van der Waals surface area contributed by atoms with E-state index in [0.29, 0.717) is 0 Å². The predicted octanol–water partition coefficient (Wildman–Crippen LogP) is 1.83. The standard InChI is InChI=1S/C8H17NS/c1-3-8-7-9(4-2)5-6-10-8/h8H,3-7H2,1-2H3. The number of hydrogen-bond acceptors (Lipinski definition) is 2. The highest BCUT2D eigenvalue weighted by Crippen LogP contribution is 2.20. The van der Waals surface area contributed by atoms with Crippen molar-refractivity contribution in [1.82, 2.24) is 4.90 Å². The topological polar surface area (TPSA) is 3.24 Å². The molecule has 0 bridgehead atoms. The summed E-state index contributed by atoms with van der Waals surface area (Å²) in [6.07, 6.45) is 1.33. The summed E-state index contributed by atoms with van der Waals surface area (Å²) in [5.41, 5.74) is 0. The minimum atomic E-state index is 0.911. The molecule has 1 aliphatic heterocycles. The van der Waals surface area contributed by atoms with E-state index in [1.54, 1.807) is 0 Å². The molecule has 0 aromatic carbocycles. The van der Waals surface area contributed by atoms with Gasteiger partial charge in [0.25, 0.3) is 0 Å². The molecule has 1 nitrogen and oxygen atoms in total. The maximum absolute atomic E-state index is 2.55. The third-order valence-electron chi connectivity index (χ3n) is 2.13. The predicted molar refractivity (Wildman–Crippen MR) is 48.7 cm³/mol. The summed E-state index contributed by atoms with van der Waals surface area (Å²) in [6, 6.07) is 0. The molecule has 0 radical (unpaired) electrons. The van der Waals surface area contributed by atoms with Crippen LogP contribution in [0.5, 0.6) is 0 Å². The van der Waals surface area contributed by atoms with Gasteiger partial charge in [-0.05, 0) is 13.0 Å². The Bertz CT molecular complexity index is 85.3. The number of nitrogens with zero attached hydrogens (tertiary/aromatic N) is 1. The van der Waals surface area contributed by atoms with Crippen LogP contribution in [-0.2, 0) is 0 Å². The number of hydrogen-bond donors (Lipinski definition) is 0. The first-order valence-corrected chi connectivity index (χ1v) is 5.25. The van der Waals surface area contributed by atoms with Gasteiger partial charge in [-0.25, -0.2) is 0 Å². The zero-order valence-corrected chi connectivity index (χ0v) is 7.78. The van der Waals surface area contributed by atoms with E-state index in [-0.39, 0.29) is 0 Å². The first kappa shape index (κ1) is 8.41. The highest BCUT2D eigenvalue weighted by molar-refractivity contribution is 8.00. The fourth-order valence-electron chi connectivity index (χ4n) is 1.31. The fourth-order valence-corrected chi connectivity index (χ4v) is 2.56. The van der Waals surface area contributed by atoms with Gasteiger partial charge in [0.1, 0.15) is 0 Å². The van der Waals surface area contributed by atoms with Gasteiger partial charge in [0.05, 0.1) is 0 Å². The largest absolute Gasteiger partial charge is 0.302 e. The third kappa shape index (κ3) is 2.17. The van der Waals surface area contributed by atoms with Crippen LogP contribution in [0.1, 0.15) is 20.3 Å². The first-order valence-electron chi connectivity index (χ1n) is 4.20. The average Bonchev–Trinajstić information content (AvgIpc) is 2.05. The molecule has 1 heterocycles. The van der Waals surface area contributed by atoms with E-state index < -0.39 is 0 Å². The summed E-state index contributed by atoms with van der Waals surface area (Å²) in [5, 5.41) is 0.911. The van der Waals surface area contributed by atoms with Gasteiger partial charge in [0.15, 0.2) is 0 Å². The van der Waals surface area contributed by atoms with E-state index >= 15 is 0 Å². The van der Waals surface area contributed by atoms with E-state index in [4.69, 9.17) is 0 Å². The number of rotatable bonds is 2. The van der Waals surface area contributed by atoms with Crippen molar-refractivity contribution in [3.63, 3.8) is 0 Å². The molecule has 1 rings (SSSR count). The molecule has 60 valence electrons. The molecule has 0 spiro atoms. The van der Waals surface area contributed by atoms with Crippen molar-refractivity contribution in [1.29, 1.82) is 0 Å². The van der Waals surface area contributed by atoms with Crippen LogP contribution in [0.4, 0.5) is 0 Å². The molecule has 10 heavy (non-hydrogen) atoms. The lowest BCUT2D eigenvalue weighted by Crippen LogP contribution is -2.37. The zero-order chi connectivity index (χ0) is 7.40. The van der Waals surface area contributed by atoms with Gasteiger partial charge in [-0.2, -0.15) is 11.8 Å². The van der Waals surface area contributed by atoms with Gasteiger partial charge in [-0.3, -0.25) is 0 Å². The first-order chi connectivity index (χ1) is 4.86. The van der Waals surface area contributed by atoms with Gasteiger partial charge in [0, 0.05) is 24.1 Å². The fraction of sp³-hybridized carbons (Fsp3) is 1.00. The molecule has 0 aromatic rings. The Kier molecular flexibility index (Phi) is 3.57. The maximum Gasteiger partial charge on any atom is 0.0172 e. The Morgan fingerprint density at radius 1 is 1.50 bits per heavy atom. The van der Waals surface area contributed by atoms with Gasteiger partial charge >= 0.3 is 0 Å². The average molecular weight is 159 g/mol. The summed E-state index contributed by atoms with van der Waals surface area (Å²) in [7, 11) is 0. The van der Waals surface area contributed by atoms with E-state index in [0.717, 1.165) is 5.25 Å². The van der Waals surface area contributed by atoms with Crippen molar-refractivity contribution >= 4 is 11.8 Å². The molecular weight excluding hydrogens is 142 g/mol. The second kappa shape index (κ2) is 4.24. The van der Waals surface area contributed by atoms with Crippen molar-refractivity contribution in [2.75, 3.05) is 25.4 Å². The molecule has 1 fully saturated rings. The van der Waals surface area contributed by atoms with Crippen molar-refractivity contribution in [2.45, 2.75) is 25.5 Å². The van der Waals surface area contributed by atoms with Crippen molar-refractivity contribution < 1.29 is 0 Å². The summed E-state index contributed by atoms with van der Waals surface area (Å²) in [4.78, 5) is 2.55. The Hall–Kier alpha value is 0.310. The van der Waals surface area contributed by atoms with E-state index in [1.165, 1.54) is 31.8 Å². The molecule has 1 aliphatic rings. The SMILES string of the molecule is CCC1CN(CC)CCS1. The van der Waals surface area contributed by atoms with Crippen LogP contribution >= 0.6 is 11.8 Å². The minimum absolute atomic E-state index is 0.911. The summed E-state index contributed by atoms with van der Waals surface area (Å²) < 4.78 is 0. The smallest absolute Gasteiger partial charge is 0.0172 e. The van der Waals surface area contributed by atoms with Gasteiger partial charge in [-0.1, -0.05) is 13.8 Å². The number of thioether (sulfide) groups is 1. The minimum Gasteiger partial charge on any atom is -0.302 e. The van der Waals surface area contributed by atoms with Crippen LogP contribution in [-0.4, -0.2) is 35.5 Å². The molecule has 0 aliphatic carbocycles. The van der Waals surface area contributed by atoms with Crippen LogP contribution in [0, 0.1) is 0 Å². The molecule has 1 saturated heterocycles. The lowest BCUT2D eigenvalue weighted by molar-refractivity contribution is 0.296. The normalized spacial score (nSPS) is 28.8. The summed E-state index contributed by atoms with van der Waals surface area (Å²) in [5.74, 6) is 1.34. The van der Waals surface area contributed by atoms with Crippen molar-refractivity contribution in [3.05, 3.63) is 0 Å². The molecule has 0 amide bonds. The molecule has 1 atom stereocenters. The Morgan fingerprint density at radius 2 is 2.30 bits per heavy atom. The Labute approximate surface area is 68.2 Å². The quantitative estimate of drug-likeness (QED) is 0.605. The summed E-state index contributed by atoms with van der Waals surface area (Å²) in [6.45, 7) is 8.39. The van der Waals surface area contributed by atoms with E-state index in [1.807, 2.05) is 0 Å². The zero-order valence-electron chi connectivity index (χ0n) is 6.97. The Morgan fingerprint density at radius 3 is 2.90 bits per heavy atom. The van der Waals surface area contributed by atoms with Gasteiger partial charge < -0.3 is 4.90 Å². The second-order valence-electron chi connectivity index (χ2n) is 2.79. The van der Waals surface area contributed by atoms with Gasteiger partial charge in [-0.15, -0.1) is 0 Å². The highest BCUT2D eigenvalue weighted by atomic mass is 32.2. The molecule has 1 unspecified atom stereocenters. The third-order valence-corrected chi connectivity index (χ3v) is 3.50. The van der Waals surface area contributed by atoms with Crippen LogP contribution in [0.3, 0.4) is 0 Å². The molecule has 0 N–H and O–H groups in total. The second-order valence-corrected chi connectivity index (χ2v) is 4.20. The lowest BCUT2D eigenvalue weighted by Gasteiger charge is -2.30. The highest BCUT2D eigenvalue weighted by Gasteiger charge is 2.16. The molecular formula is C8H17NS. The summed E-state index contributed by atoms with van der Waals surface area (Å²) >= 11 is 2.14. The van der Waals surface area contributed by atoms with E-state index in [9.17, 15) is 0 Å². The van der Waals surface area contributed by atoms with Crippen molar-refractivity contribution in [3.8, 4) is 0 Å². The van der Waals surface area contributed by atoms with E-state index in [2.05, 4.69) is 30.5 Å². The molecule has 0 saturated carbocycles. The van der Waals surface area contributed by atoms with Crippen molar-refractivity contribution in [2.24, 2.45) is 0 Å². The monoisotopic (exact) mass is 159 g/mol. The van der Waals surface area contributed by atoms with Crippen LogP contribution < -0.4 is 0 Å². The molecule has 0 aromatic heterocycles. The van der Waals surface area contributed by atoms with Crippen LogP contribution in [0.25, 0.3) is 0 Å².